The first-order valence-corrected chi connectivity index (χ1v) is 9.13. The van der Waals surface area contributed by atoms with Crippen LogP contribution in [0.3, 0.4) is 0 Å². The first kappa shape index (κ1) is 19.3. The van der Waals surface area contributed by atoms with Crippen LogP contribution in [-0.4, -0.2) is 11.9 Å². The van der Waals surface area contributed by atoms with Crippen molar-refractivity contribution in [2.75, 3.05) is 5.32 Å². The average molecular weight is 404 g/mol. The van der Waals surface area contributed by atoms with Gasteiger partial charge in [0.2, 0.25) is 0 Å². The van der Waals surface area contributed by atoms with Gasteiger partial charge in [-0.3, -0.25) is 4.79 Å². The SMILES string of the molecule is CC1=C(C(=O)Nc2cc(C)ccc2C)[C@H](c2ccc(Cl)cc2Cl)NC(=O)N1. The van der Waals surface area contributed by atoms with Gasteiger partial charge in [0.15, 0.2) is 0 Å². The lowest BCUT2D eigenvalue weighted by atomic mass is 9.94. The lowest BCUT2D eigenvalue weighted by molar-refractivity contribution is -0.113. The van der Waals surface area contributed by atoms with Crippen LogP contribution in [0.25, 0.3) is 0 Å². The summed E-state index contributed by atoms with van der Waals surface area (Å²) in [6.45, 7) is 5.57. The highest BCUT2D eigenvalue weighted by Crippen LogP contribution is 2.33. The molecule has 0 spiro atoms. The number of carbonyl (C=O) groups excluding carboxylic acids is 2. The van der Waals surface area contributed by atoms with E-state index in [0.29, 0.717) is 26.9 Å². The molecule has 140 valence electrons. The van der Waals surface area contributed by atoms with E-state index < -0.39 is 12.1 Å². The van der Waals surface area contributed by atoms with E-state index in [9.17, 15) is 9.59 Å². The van der Waals surface area contributed by atoms with Crippen molar-refractivity contribution in [1.29, 1.82) is 0 Å². The number of carbonyl (C=O) groups is 2. The van der Waals surface area contributed by atoms with Gasteiger partial charge in [-0.05, 0) is 55.7 Å². The maximum atomic E-state index is 13.1. The van der Waals surface area contributed by atoms with Gasteiger partial charge in [0.05, 0.1) is 11.6 Å². The molecule has 7 heteroatoms. The minimum atomic E-state index is -0.686. The second-order valence-corrected chi connectivity index (χ2v) is 7.35. The molecule has 0 saturated heterocycles. The van der Waals surface area contributed by atoms with E-state index in [4.69, 9.17) is 23.2 Å². The summed E-state index contributed by atoms with van der Waals surface area (Å²) >= 11 is 12.3. The van der Waals surface area contributed by atoms with Crippen molar-refractivity contribution in [2.24, 2.45) is 0 Å². The van der Waals surface area contributed by atoms with E-state index in [1.807, 2.05) is 32.0 Å². The molecule has 2 aromatic rings. The number of aryl methyl sites for hydroxylation is 2. The Hall–Kier alpha value is -2.50. The first-order chi connectivity index (χ1) is 12.8. The molecular formula is C20H19Cl2N3O2. The molecule has 0 aliphatic carbocycles. The highest BCUT2D eigenvalue weighted by molar-refractivity contribution is 6.35. The monoisotopic (exact) mass is 403 g/mol. The van der Waals surface area contributed by atoms with Gasteiger partial charge in [-0.15, -0.1) is 0 Å². The Balaban J connectivity index is 2.01. The summed E-state index contributed by atoms with van der Waals surface area (Å²) in [4.78, 5) is 25.1. The predicted octanol–water partition coefficient (Wildman–Crippen LogP) is 4.88. The number of halogens is 2. The highest BCUT2D eigenvalue weighted by Gasteiger charge is 2.32. The third-order valence-corrected chi connectivity index (χ3v) is 4.99. The van der Waals surface area contributed by atoms with E-state index in [0.717, 1.165) is 16.8 Å². The summed E-state index contributed by atoms with van der Waals surface area (Å²) in [6, 6.07) is 9.71. The number of urea groups is 1. The molecule has 0 aromatic heterocycles. The normalized spacial score (nSPS) is 16.6. The van der Waals surface area contributed by atoms with E-state index in [1.165, 1.54) is 0 Å². The molecule has 3 rings (SSSR count). The molecule has 1 atom stereocenters. The van der Waals surface area contributed by atoms with Crippen molar-refractivity contribution in [3.63, 3.8) is 0 Å². The molecule has 3 amide bonds. The zero-order chi connectivity index (χ0) is 19.7. The minimum absolute atomic E-state index is 0.315. The molecule has 1 aliphatic rings. The molecule has 2 aromatic carbocycles. The zero-order valence-corrected chi connectivity index (χ0v) is 16.6. The van der Waals surface area contributed by atoms with Crippen LogP contribution in [0.5, 0.6) is 0 Å². The smallest absolute Gasteiger partial charge is 0.319 e. The van der Waals surface area contributed by atoms with Crippen molar-refractivity contribution in [3.05, 3.63) is 74.4 Å². The molecule has 1 aliphatic heterocycles. The Morgan fingerprint density at radius 1 is 1.07 bits per heavy atom. The number of rotatable bonds is 3. The maximum absolute atomic E-state index is 13.1. The third kappa shape index (κ3) is 4.10. The standard InChI is InChI=1S/C20H19Cl2N3O2/c1-10-4-5-11(2)16(8-10)24-19(26)17-12(3)23-20(27)25-18(17)14-7-6-13(21)9-15(14)22/h4-9,18H,1-3H3,(H,24,26)(H2,23,25,27)/t18-/m0/s1. The van der Waals surface area contributed by atoms with Crippen LogP contribution in [0.2, 0.25) is 10.0 Å². The predicted molar refractivity (Wildman–Crippen MR) is 108 cm³/mol. The van der Waals surface area contributed by atoms with Gasteiger partial charge >= 0.3 is 6.03 Å². The number of allylic oxidation sites excluding steroid dienone is 1. The van der Waals surface area contributed by atoms with Gasteiger partial charge < -0.3 is 16.0 Å². The Morgan fingerprint density at radius 2 is 1.81 bits per heavy atom. The molecule has 5 nitrogen and oxygen atoms in total. The molecule has 0 saturated carbocycles. The van der Waals surface area contributed by atoms with Crippen LogP contribution in [0.4, 0.5) is 10.5 Å². The van der Waals surface area contributed by atoms with Gasteiger partial charge in [-0.25, -0.2) is 4.79 Å². The summed E-state index contributed by atoms with van der Waals surface area (Å²) in [5.41, 5.74) is 4.16. The Kier molecular flexibility index (Phi) is 5.44. The lowest BCUT2D eigenvalue weighted by Crippen LogP contribution is -2.46. The summed E-state index contributed by atoms with van der Waals surface area (Å²) < 4.78 is 0. The van der Waals surface area contributed by atoms with E-state index in [1.54, 1.807) is 25.1 Å². The van der Waals surface area contributed by atoms with Crippen LogP contribution < -0.4 is 16.0 Å². The Bertz CT molecular complexity index is 970. The summed E-state index contributed by atoms with van der Waals surface area (Å²) in [5.74, 6) is -0.315. The zero-order valence-electron chi connectivity index (χ0n) is 15.1. The topological polar surface area (TPSA) is 70.2 Å². The van der Waals surface area contributed by atoms with Gasteiger partial charge in [-0.2, -0.15) is 0 Å². The summed E-state index contributed by atoms with van der Waals surface area (Å²) in [5, 5.41) is 9.21. The third-order valence-electron chi connectivity index (χ3n) is 4.43. The number of nitrogens with one attached hydrogen (secondary N) is 3. The number of benzene rings is 2. The number of anilines is 1. The molecule has 3 N–H and O–H groups in total. The van der Waals surface area contributed by atoms with Crippen molar-refractivity contribution in [3.8, 4) is 0 Å². The molecular weight excluding hydrogens is 385 g/mol. The number of hydrogen-bond donors (Lipinski definition) is 3. The van der Waals surface area contributed by atoms with Crippen LogP contribution in [0.1, 0.15) is 29.7 Å². The van der Waals surface area contributed by atoms with E-state index in [2.05, 4.69) is 16.0 Å². The molecule has 1 heterocycles. The largest absolute Gasteiger partial charge is 0.327 e. The van der Waals surface area contributed by atoms with Crippen molar-refractivity contribution in [1.82, 2.24) is 10.6 Å². The van der Waals surface area contributed by atoms with Gasteiger partial charge in [-0.1, -0.05) is 41.4 Å². The molecule has 0 unspecified atom stereocenters. The second-order valence-electron chi connectivity index (χ2n) is 6.51. The number of amides is 3. The van der Waals surface area contributed by atoms with Gasteiger partial charge in [0.25, 0.3) is 5.91 Å². The molecule has 0 bridgehead atoms. The average Bonchev–Trinajstić information content (AvgIpc) is 2.57. The van der Waals surface area contributed by atoms with Crippen LogP contribution >= 0.6 is 23.2 Å². The molecule has 0 radical (unpaired) electrons. The van der Waals surface area contributed by atoms with E-state index >= 15 is 0 Å². The minimum Gasteiger partial charge on any atom is -0.327 e. The summed E-state index contributed by atoms with van der Waals surface area (Å²) in [6.07, 6.45) is 0. The fraction of sp³-hybridized carbons (Fsp3) is 0.200. The van der Waals surface area contributed by atoms with E-state index in [-0.39, 0.29) is 5.91 Å². The molecule has 27 heavy (non-hydrogen) atoms. The summed E-state index contributed by atoms with van der Waals surface area (Å²) in [7, 11) is 0. The fourth-order valence-electron chi connectivity index (χ4n) is 3.02. The first-order valence-electron chi connectivity index (χ1n) is 8.38. The van der Waals surface area contributed by atoms with Crippen molar-refractivity contribution < 1.29 is 9.59 Å². The Morgan fingerprint density at radius 3 is 2.52 bits per heavy atom. The quantitative estimate of drug-likeness (QED) is 0.683. The number of hydrogen-bond acceptors (Lipinski definition) is 2. The lowest BCUT2D eigenvalue weighted by Gasteiger charge is -2.29. The maximum Gasteiger partial charge on any atom is 0.319 e. The van der Waals surface area contributed by atoms with Gasteiger partial charge in [0.1, 0.15) is 0 Å². The molecule has 0 fully saturated rings. The van der Waals surface area contributed by atoms with Gasteiger partial charge in [0, 0.05) is 21.4 Å². The van der Waals surface area contributed by atoms with Crippen LogP contribution in [0.15, 0.2) is 47.7 Å². The van der Waals surface area contributed by atoms with Crippen LogP contribution in [-0.2, 0) is 4.79 Å². The fourth-order valence-corrected chi connectivity index (χ4v) is 3.54. The van der Waals surface area contributed by atoms with Crippen molar-refractivity contribution in [2.45, 2.75) is 26.8 Å². The van der Waals surface area contributed by atoms with Crippen LogP contribution in [0, 0.1) is 13.8 Å². The highest BCUT2D eigenvalue weighted by atomic mass is 35.5. The van der Waals surface area contributed by atoms with Crippen molar-refractivity contribution >= 4 is 40.8 Å². The second kappa shape index (κ2) is 7.62. The Labute approximate surface area is 167 Å².